The number of hydrogen-bond acceptors (Lipinski definition) is 0. The topological polar surface area (TPSA) is 0 Å². The number of benzene rings is 1. The molecular formula is C11H15Br. The third kappa shape index (κ3) is 1.56. The molecule has 0 atom stereocenters. The molecule has 66 valence electrons. The summed E-state index contributed by atoms with van der Waals surface area (Å²) >= 11 is 3.52. The molecule has 0 nitrogen and oxygen atoms in total. The average molecular weight is 227 g/mol. The highest BCUT2D eigenvalue weighted by atomic mass is 79.9. The summed E-state index contributed by atoms with van der Waals surface area (Å²) in [5, 5.41) is 0.964. The van der Waals surface area contributed by atoms with Crippen LogP contribution in [0.15, 0.2) is 6.07 Å². The Labute approximate surface area is 83.1 Å². The first-order valence-electron chi connectivity index (χ1n) is 4.20. The Hall–Kier alpha value is -0.300. The van der Waals surface area contributed by atoms with Crippen LogP contribution in [-0.2, 0) is 5.33 Å². The van der Waals surface area contributed by atoms with Gasteiger partial charge in [0, 0.05) is 5.33 Å². The monoisotopic (exact) mass is 226 g/mol. The van der Waals surface area contributed by atoms with Gasteiger partial charge in [0.05, 0.1) is 0 Å². The predicted octanol–water partition coefficient (Wildman–Crippen LogP) is 3.82. The fraction of sp³-hybridized carbons (Fsp3) is 0.455. The molecule has 0 unspecified atom stereocenters. The van der Waals surface area contributed by atoms with E-state index in [1.54, 1.807) is 0 Å². The zero-order chi connectivity index (χ0) is 9.30. The molecule has 1 aromatic rings. The summed E-state index contributed by atoms with van der Waals surface area (Å²) in [7, 11) is 0. The molecule has 0 aromatic heterocycles. The first-order chi connectivity index (χ1) is 5.57. The second kappa shape index (κ2) is 3.61. The van der Waals surface area contributed by atoms with Gasteiger partial charge in [0.2, 0.25) is 0 Å². The van der Waals surface area contributed by atoms with E-state index in [0.29, 0.717) is 0 Å². The van der Waals surface area contributed by atoms with E-state index in [4.69, 9.17) is 0 Å². The van der Waals surface area contributed by atoms with Gasteiger partial charge in [-0.2, -0.15) is 0 Å². The van der Waals surface area contributed by atoms with Gasteiger partial charge >= 0.3 is 0 Å². The molecule has 0 aliphatic carbocycles. The highest BCUT2D eigenvalue weighted by molar-refractivity contribution is 9.08. The minimum Gasteiger partial charge on any atom is -0.0876 e. The van der Waals surface area contributed by atoms with E-state index >= 15 is 0 Å². The van der Waals surface area contributed by atoms with Crippen LogP contribution in [0.25, 0.3) is 0 Å². The Morgan fingerprint density at radius 3 is 2.08 bits per heavy atom. The third-order valence-corrected chi connectivity index (χ3v) is 3.21. The Bertz CT molecular complexity index is 300. The van der Waals surface area contributed by atoms with Gasteiger partial charge in [-0.05, 0) is 55.5 Å². The maximum Gasteiger partial charge on any atom is 0.0288 e. The van der Waals surface area contributed by atoms with Crippen LogP contribution in [0.3, 0.4) is 0 Å². The summed E-state index contributed by atoms with van der Waals surface area (Å²) in [6, 6.07) is 2.26. The molecule has 0 heterocycles. The minimum atomic E-state index is 0.964. The largest absolute Gasteiger partial charge is 0.0876 e. The summed E-state index contributed by atoms with van der Waals surface area (Å²) in [4.78, 5) is 0. The number of hydrogen-bond donors (Lipinski definition) is 0. The van der Waals surface area contributed by atoms with Gasteiger partial charge < -0.3 is 0 Å². The molecule has 0 fully saturated rings. The van der Waals surface area contributed by atoms with E-state index in [0.717, 1.165) is 5.33 Å². The van der Waals surface area contributed by atoms with Gasteiger partial charge in [-0.25, -0.2) is 0 Å². The average Bonchev–Trinajstić information content (AvgIpc) is 2.01. The molecule has 0 bridgehead atoms. The Kier molecular flexibility index (Phi) is 2.94. The lowest BCUT2D eigenvalue weighted by Crippen LogP contribution is -1.95. The Morgan fingerprint density at radius 2 is 1.58 bits per heavy atom. The van der Waals surface area contributed by atoms with Gasteiger partial charge in [0.15, 0.2) is 0 Å². The first kappa shape index (κ1) is 9.79. The number of alkyl halides is 1. The molecule has 0 aliphatic rings. The van der Waals surface area contributed by atoms with Crippen molar-refractivity contribution in [3.63, 3.8) is 0 Å². The molecule has 0 amide bonds. The molecule has 0 spiro atoms. The van der Waals surface area contributed by atoms with Crippen LogP contribution in [0.5, 0.6) is 0 Å². The quantitative estimate of drug-likeness (QED) is 0.640. The molecule has 0 radical (unpaired) electrons. The molecule has 1 rings (SSSR count). The summed E-state index contributed by atoms with van der Waals surface area (Å²) in [5.41, 5.74) is 7.10. The van der Waals surface area contributed by atoms with Gasteiger partial charge in [-0.1, -0.05) is 22.0 Å². The number of halogens is 1. The van der Waals surface area contributed by atoms with Crippen LogP contribution in [0.4, 0.5) is 0 Å². The van der Waals surface area contributed by atoms with E-state index in [9.17, 15) is 0 Å². The van der Waals surface area contributed by atoms with Gasteiger partial charge in [-0.15, -0.1) is 0 Å². The summed E-state index contributed by atoms with van der Waals surface area (Å²) in [5.74, 6) is 0. The van der Waals surface area contributed by atoms with E-state index in [1.807, 2.05) is 0 Å². The highest BCUT2D eigenvalue weighted by Crippen LogP contribution is 2.23. The minimum absolute atomic E-state index is 0.964. The van der Waals surface area contributed by atoms with Gasteiger partial charge in [0.1, 0.15) is 0 Å². The second-order valence-corrected chi connectivity index (χ2v) is 3.93. The highest BCUT2D eigenvalue weighted by Gasteiger charge is 2.05. The van der Waals surface area contributed by atoms with Crippen molar-refractivity contribution in [3.8, 4) is 0 Å². The van der Waals surface area contributed by atoms with E-state index in [-0.39, 0.29) is 0 Å². The number of aryl methyl sites for hydroxylation is 2. The fourth-order valence-electron chi connectivity index (χ4n) is 1.54. The maximum atomic E-state index is 3.52. The standard InChI is InChI=1S/C11H15Br/c1-7-5-8(2)11(6-12)10(4)9(7)3/h5H,6H2,1-4H3. The normalized spacial score (nSPS) is 10.4. The zero-order valence-electron chi connectivity index (χ0n) is 8.16. The Balaban J connectivity index is 3.40. The summed E-state index contributed by atoms with van der Waals surface area (Å²) in [6.07, 6.45) is 0. The van der Waals surface area contributed by atoms with Crippen molar-refractivity contribution in [1.82, 2.24) is 0 Å². The van der Waals surface area contributed by atoms with E-state index in [2.05, 4.69) is 49.7 Å². The maximum absolute atomic E-state index is 3.52. The molecule has 12 heavy (non-hydrogen) atoms. The van der Waals surface area contributed by atoms with Crippen molar-refractivity contribution in [2.24, 2.45) is 0 Å². The fourth-order valence-corrected chi connectivity index (χ4v) is 2.41. The molecule has 0 N–H and O–H groups in total. The molecule has 1 aromatic carbocycles. The van der Waals surface area contributed by atoms with Crippen LogP contribution in [0.1, 0.15) is 27.8 Å². The van der Waals surface area contributed by atoms with Crippen molar-refractivity contribution in [2.45, 2.75) is 33.0 Å². The first-order valence-corrected chi connectivity index (χ1v) is 5.32. The van der Waals surface area contributed by atoms with Crippen molar-refractivity contribution in [3.05, 3.63) is 33.9 Å². The van der Waals surface area contributed by atoms with E-state index < -0.39 is 0 Å². The second-order valence-electron chi connectivity index (χ2n) is 3.37. The molecule has 0 saturated heterocycles. The van der Waals surface area contributed by atoms with Crippen molar-refractivity contribution in [1.29, 1.82) is 0 Å². The van der Waals surface area contributed by atoms with Crippen LogP contribution >= 0.6 is 15.9 Å². The summed E-state index contributed by atoms with van der Waals surface area (Å²) < 4.78 is 0. The lowest BCUT2D eigenvalue weighted by molar-refractivity contribution is 1.17. The lowest BCUT2D eigenvalue weighted by Gasteiger charge is -2.12. The van der Waals surface area contributed by atoms with Crippen LogP contribution in [0, 0.1) is 27.7 Å². The van der Waals surface area contributed by atoms with Gasteiger partial charge in [-0.3, -0.25) is 0 Å². The molecule has 0 aliphatic heterocycles. The smallest absolute Gasteiger partial charge is 0.0288 e. The van der Waals surface area contributed by atoms with Crippen molar-refractivity contribution in [2.75, 3.05) is 0 Å². The summed E-state index contributed by atoms with van der Waals surface area (Å²) in [6.45, 7) is 8.74. The third-order valence-electron chi connectivity index (χ3n) is 2.65. The van der Waals surface area contributed by atoms with Crippen molar-refractivity contribution >= 4 is 15.9 Å². The van der Waals surface area contributed by atoms with E-state index in [1.165, 1.54) is 27.8 Å². The van der Waals surface area contributed by atoms with Gasteiger partial charge in [0.25, 0.3) is 0 Å². The lowest BCUT2D eigenvalue weighted by atomic mass is 9.95. The predicted molar refractivity (Wildman–Crippen MR) is 58.0 cm³/mol. The Morgan fingerprint density at radius 1 is 1.00 bits per heavy atom. The number of rotatable bonds is 1. The molecule has 1 heteroatoms. The molecular weight excluding hydrogens is 212 g/mol. The SMILES string of the molecule is Cc1cc(C)c(CBr)c(C)c1C. The van der Waals surface area contributed by atoms with Crippen molar-refractivity contribution < 1.29 is 0 Å². The molecule has 0 saturated carbocycles. The van der Waals surface area contributed by atoms with Crippen LogP contribution in [0.2, 0.25) is 0 Å². The van der Waals surface area contributed by atoms with Crippen LogP contribution in [-0.4, -0.2) is 0 Å². The zero-order valence-corrected chi connectivity index (χ0v) is 9.75. The van der Waals surface area contributed by atoms with Crippen LogP contribution < -0.4 is 0 Å².